The van der Waals surface area contributed by atoms with E-state index in [1.54, 1.807) is 18.2 Å². The summed E-state index contributed by atoms with van der Waals surface area (Å²) in [5.74, 6) is 1.23. The van der Waals surface area contributed by atoms with Crippen molar-refractivity contribution in [1.29, 1.82) is 0 Å². The zero-order valence-corrected chi connectivity index (χ0v) is 11.9. The number of hydrogen-bond acceptors (Lipinski definition) is 6. The van der Waals surface area contributed by atoms with Crippen LogP contribution in [0, 0.1) is 16.0 Å². The first-order chi connectivity index (χ1) is 10.1. The van der Waals surface area contributed by atoms with Crippen molar-refractivity contribution >= 4 is 5.69 Å². The number of hydrogen-bond donors (Lipinski definition) is 1. The summed E-state index contributed by atoms with van der Waals surface area (Å²) in [6, 6.07) is 6.36. The van der Waals surface area contributed by atoms with Crippen LogP contribution >= 0.6 is 0 Å². The minimum atomic E-state index is -0.450. The summed E-state index contributed by atoms with van der Waals surface area (Å²) in [7, 11) is 0. The highest BCUT2D eigenvalue weighted by Crippen LogP contribution is 2.27. The van der Waals surface area contributed by atoms with Crippen molar-refractivity contribution < 1.29 is 9.45 Å². The van der Waals surface area contributed by atoms with Gasteiger partial charge in [-0.2, -0.15) is 4.98 Å². The Morgan fingerprint density at radius 3 is 2.86 bits per heavy atom. The molecule has 0 aliphatic carbocycles. The van der Waals surface area contributed by atoms with Crippen LogP contribution in [-0.4, -0.2) is 21.6 Å². The van der Waals surface area contributed by atoms with E-state index >= 15 is 0 Å². The van der Waals surface area contributed by atoms with Crippen LogP contribution in [0.2, 0.25) is 0 Å². The van der Waals surface area contributed by atoms with Crippen LogP contribution < -0.4 is 5.73 Å². The molecular formula is C14H18N4O3. The maximum absolute atomic E-state index is 11.0. The van der Waals surface area contributed by atoms with E-state index in [-0.39, 0.29) is 11.5 Å². The lowest BCUT2D eigenvalue weighted by Gasteiger charge is -2.06. The molecule has 0 aliphatic rings. The van der Waals surface area contributed by atoms with Gasteiger partial charge in [0.15, 0.2) is 0 Å². The maximum Gasteiger partial charge on any atom is 0.280 e. The summed E-state index contributed by atoms with van der Waals surface area (Å²) in [6.45, 7) is 2.78. The molecule has 0 radical (unpaired) electrons. The molecule has 1 unspecified atom stereocenters. The monoisotopic (exact) mass is 290 g/mol. The largest absolute Gasteiger partial charge is 0.339 e. The lowest BCUT2D eigenvalue weighted by atomic mass is 10.0. The summed E-state index contributed by atoms with van der Waals surface area (Å²) in [4.78, 5) is 14.8. The van der Waals surface area contributed by atoms with Gasteiger partial charge in [-0.1, -0.05) is 24.2 Å². The first-order valence-electron chi connectivity index (χ1n) is 6.88. The number of nitro groups is 1. The molecule has 1 atom stereocenters. The highest BCUT2D eigenvalue weighted by Gasteiger charge is 2.19. The molecule has 7 heteroatoms. The smallest absolute Gasteiger partial charge is 0.280 e. The zero-order chi connectivity index (χ0) is 15.2. The summed E-state index contributed by atoms with van der Waals surface area (Å²) in [6.07, 6.45) is 2.50. The van der Waals surface area contributed by atoms with Gasteiger partial charge in [-0.05, 0) is 31.4 Å². The molecular weight excluding hydrogens is 272 g/mol. The quantitative estimate of drug-likeness (QED) is 0.620. The average Bonchev–Trinajstić information content (AvgIpc) is 2.94. The van der Waals surface area contributed by atoms with Gasteiger partial charge in [0, 0.05) is 12.5 Å². The number of rotatable bonds is 7. The number of nitrogens with two attached hydrogens (primary N) is 1. The number of nitro benzene ring substituents is 1. The van der Waals surface area contributed by atoms with Crippen LogP contribution in [0.3, 0.4) is 0 Å². The van der Waals surface area contributed by atoms with E-state index in [0.29, 0.717) is 30.3 Å². The fourth-order valence-corrected chi connectivity index (χ4v) is 2.09. The Hall–Kier alpha value is -2.28. The van der Waals surface area contributed by atoms with Gasteiger partial charge in [-0.15, -0.1) is 0 Å². The van der Waals surface area contributed by atoms with Crippen molar-refractivity contribution in [3.8, 4) is 11.4 Å². The normalized spacial score (nSPS) is 12.3. The van der Waals surface area contributed by atoms with Gasteiger partial charge >= 0.3 is 0 Å². The Morgan fingerprint density at radius 1 is 1.38 bits per heavy atom. The Morgan fingerprint density at radius 2 is 2.14 bits per heavy atom. The molecule has 1 aromatic carbocycles. The van der Waals surface area contributed by atoms with Gasteiger partial charge in [-0.3, -0.25) is 10.1 Å². The molecule has 2 N–H and O–H groups in total. The van der Waals surface area contributed by atoms with Crippen molar-refractivity contribution in [1.82, 2.24) is 10.1 Å². The second kappa shape index (κ2) is 6.94. The topological polar surface area (TPSA) is 108 Å². The van der Waals surface area contributed by atoms with Crippen LogP contribution in [0.4, 0.5) is 5.69 Å². The lowest BCUT2D eigenvalue weighted by Crippen LogP contribution is -2.06. The summed E-state index contributed by atoms with van der Waals surface area (Å²) < 4.78 is 5.17. The number of aromatic nitrogens is 2. The molecule has 2 aromatic rings. The van der Waals surface area contributed by atoms with Crippen molar-refractivity contribution in [3.63, 3.8) is 0 Å². The van der Waals surface area contributed by atoms with E-state index in [2.05, 4.69) is 17.1 Å². The summed E-state index contributed by atoms with van der Waals surface area (Å²) in [5.41, 5.74) is 5.85. The minimum Gasteiger partial charge on any atom is -0.339 e. The minimum absolute atomic E-state index is 0.0265. The molecule has 21 heavy (non-hydrogen) atoms. The van der Waals surface area contributed by atoms with Gasteiger partial charge in [0.05, 0.1) is 4.92 Å². The van der Waals surface area contributed by atoms with Crippen LogP contribution in [0.5, 0.6) is 0 Å². The standard InChI is InChI=1S/C14H18N4O3/c1-10(8-9-15)6-7-13-16-14(17-21-13)11-4-2-3-5-12(11)18(19)20/h2-5,10H,6-9,15H2,1H3. The Labute approximate surface area is 122 Å². The van der Waals surface area contributed by atoms with Crippen LogP contribution in [-0.2, 0) is 6.42 Å². The SMILES string of the molecule is CC(CCN)CCc1nc(-c2ccccc2[N+](=O)[O-])no1. The number of nitrogens with zero attached hydrogens (tertiary/aromatic N) is 3. The second-order valence-corrected chi connectivity index (χ2v) is 5.01. The van der Waals surface area contributed by atoms with Gasteiger partial charge in [0.1, 0.15) is 5.56 Å². The molecule has 1 aromatic heterocycles. The molecule has 2 rings (SSSR count). The molecule has 7 nitrogen and oxygen atoms in total. The van der Waals surface area contributed by atoms with E-state index in [4.69, 9.17) is 10.3 Å². The first-order valence-corrected chi connectivity index (χ1v) is 6.88. The molecule has 112 valence electrons. The predicted octanol–water partition coefficient (Wildman–Crippen LogP) is 2.56. The van der Waals surface area contributed by atoms with Crippen LogP contribution in [0.25, 0.3) is 11.4 Å². The molecule has 0 aliphatic heterocycles. The third kappa shape index (κ3) is 3.85. The Bertz CT molecular complexity index is 612. The van der Waals surface area contributed by atoms with Gasteiger partial charge < -0.3 is 10.3 Å². The molecule has 0 saturated heterocycles. The van der Waals surface area contributed by atoms with E-state index in [1.165, 1.54) is 6.07 Å². The van der Waals surface area contributed by atoms with Gasteiger partial charge in [-0.25, -0.2) is 0 Å². The third-order valence-electron chi connectivity index (χ3n) is 3.32. The highest BCUT2D eigenvalue weighted by molar-refractivity contribution is 5.67. The lowest BCUT2D eigenvalue weighted by molar-refractivity contribution is -0.384. The second-order valence-electron chi connectivity index (χ2n) is 5.01. The van der Waals surface area contributed by atoms with Crippen molar-refractivity contribution in [3.05, 3.63) is 40.3 Å². The van der Waals surface area contributed by atoms with Crippen molar-refractivity contribution in [2.75, 3.05) is 6.54 Å². The third-order valence-corrected chi connectivity index (χ3v) is 3.32. The van der Waals surface area contributed by atoms with E-state index in [9.17, 15) is 10.1 Å². The van der Waals surface area contributed by atoms with Crippen LogP contribution in [0.15, 0.2) is 28.8 Å². The van der Waals surface area contributed by atoms with Gasteiger partial charge in [0.2, 0.25) is 11.7 Å². The molecule has 0 saturated carbocycles. The summed E-state index contributed by atoms with van der Waals surface area (Å²) in [5, 5.41) is 14.8. The number of para-hydroxylation sites is 1. The zero-order valence-electron chi connectivity index (χ0n) is 11.9. The maximum atomic E-state index is 11.0. The van der Waals surface area contributed by atoms with E-state index in [1.807, 2.05) is 0 Å². The fourth-order valence-electron chi connectivity index (χ4n) is 2.09. The molecule has 0 amide bonds. The van der Waals surface area contributed by atoms with Crippen molar-refractivity contribution in [2.45, 2.75) is 26.2 Å². The predicted molar refractivity (Wildman–Crippen MR) is 77.5 cm³/mol. The summed E-state index contributed by atoms with van der Waals surface area (Å²) >= 11 is 0. The molecule has 0 bridgehead atoms. The fraction of sp³-hybridized carbons (Fsp3) is 0.429. The Balaban J connectivity index is 2.11. The number of aryl methyl sites for hydroxylation is 1. The van der Waals surface area contributed by atoms with Gasteiger partial charge in [0.25, 0.3) is 5.69 Å². The van der Waals surface area contributed by atoms with E-state index < -0.39 is 4.92 Å². The molecule has 0 spiro atoms. The Kier molecular flexibility index (Phi) is 4.99. The molecule has 0 fully saturated rings. The van der Waals surface area contributed by atoms with Crippen LogP contribution in [0.1, 0.15) is 25.7 Å². The molecule has 1 heterocycles. The number of benzene rings is 1. The van der Waals surface area contributed by atoms with Crippen molar-refractivity contribution in [2.24, 2.45) is 11.7 Å². The van der Waals surface area contributed by atoms with E-state index in [0.717, 1.165) is 12.8 Å². The average molecular weight is 290 g/mol. The first kappa shape index (κ1) is 15.1. The highest BCUT2D eigenvalue weighted by atomic mass is 16.6.